The number of ether oxygens (including phenoxy) is 2. The minimum atomic E-state index is -0.881. The predicted octanol–water partition coefficient (Wildman–Crippen LogP) is 9.29. The Morgan fingerprint density at radius 3 is 2.25 bits per heavy atom. The van der Waals surface area contributed by atoms with Gasteiger partial charge in [0.1, 0.15) is 0 Å². The summed E-state index contributed by atoms with van der Waals surface area (Å²) in [5.74, 6) is 1.34. The molecule has 0 aromatic heterocycles. The van der Waals surface area contributed by atoms with Gasteiger partial charge in [0.25, 0.3) is 0 Å². The molecule has 0 radical (unpaired) electrons. The average molecular weight is 501 g/mol. The Labute approximate surface area is 217 Å². The number of benzene rings is 1. The van der Waals surface area contributed by atoms with E-state index in [9.17, 15) is 8.78 Å². The number of allylic oxidation sites excluding steroid dienone is 3. The number of hydrogen-bond acceptors (Lipinski definition) is 2. The van der Waals surface area contributed by atoms with Gasteiger partial charge in [-0.15, -0.1) is 6.58 Å². The van der Waals surface area contributed by atoms with Gasteiger partial charge >= 0.3 is 0 Å². The molecule has 1 aromatic rings. The van der Waals surface area contributed by atoms with Gasteiger partial charge in [-0.25, -0.2) is 4.39 Å². The molecule has 1 saturated heterocycles. The van der Waals surface area contributed by atoms with Crippen LogP contribution in [0.1, 0.15) is 102 Å². The van der Waals surface area contributed by atoms with E-state index in [1.165, 1.54) is 83.8 Å². The number of rotatable bonds is 11. The smallest absolute Gasteiger partial charge is 0.201 e. The van der Waals surface area contributed by atoms with E-state index in [4.69, 9.17) is 9.47 Å². The van der Waals surface area contributed by atoms with Crippen LogP contribution in [0.5, 0.6) is 5.75 Å². The van der Waals surface area contributed by atoms with Crippen LogP contribution in [0.3, 0.4) is 0 Å². The quantitative estimate of drug-likeness (QED) is 0.223. The van der Waals surface area contributed by atoms with Crippen molar-refractivity contribution in [2.45, 2.75) is 102 Å². The highest BCUT2D eigenvalue weighted by atomic mass is 19.2. The number of hydrogen-bond donors (Lipinski definition) is 0. The number of unbranched alkanes of at least 4 members (excludes halogenated alkanes) is 4. The van der Waals surface area contributed by atoms with Crippen molar-refractivity contribution in [3.05, 3.63) is 48.1 Å². The van der Waals surface area contributed by atoms with E-state index in [0.717, 1.165) is 55.6 Å². The number of methoxy groups -OCH3 is 1. The lowest BCUT2D eigenvalue weighted by Gasteiger charge is -2.40. The minimum Gasteiger partial charge on any atom is -0.494 e. The van der Waals surface area contributed by atoms with Gasteiger partial charge in [-0.05, 0) is 118 Å². The van der Waals surface area contributed by atoms with Crippen LogP contribution in [0.4, 0.5) is 8.78 Å². The zero-order chi connectivity index (χ0) is 25.3. The summed E-state index contributed by atoms with van der Waals surface area (Å²) in [5.41, 5.74) is 1.35. The summed E-state index contributed by atoms with van der Waals surface area (Å²) >= 11 is 0. The summed E-state index contributed by atoms with van der Waals surface area (Å²) in [4.78, 5) is 0. The monoisotopic (exact) mass is 500 g/mol. The van der Waals surface area contributed by atoms with E-state index in [-0.39, 0.29) is 5.75 Å². The van der Waals surface area contributed by atoms with E-state index in [1.54, 1.807) is 6.07 Å². The van der Waals surface area contributed by atoms with Crippen LogP contribution in [-0.2, 0) is 4.74 Å². The maximum absolute atomic E-state index is 14.5. The summed E-state index contributed by atoms with van der Waals surface area (Å²) in [5, 5.41) is 0. The van der Waals surface area contributed by atoms with Gasteiger partial charge in [0.05, 0.1) is 19.8 Å². The second-order valence-electron chi connectivity index (χ2n) is 11.5. The second-order valence-corrected chi connectivity index (χ2v) is 11.5. The molecule has 200 valence electrons. The Bertz CT molecular complexity index is 863. The lowest BCUT2D eigenvalue weighted by molar-refractivity contribution is -0.0439. The molecule has 3 aliphatic rings. The van der Waals surface area contributed by atoms with Crippen molar-refractivity contribution >= 4 is 5.57 Å². The Hall–Kier alpha value is -1.68. The maximum atomic E-state index is 14.5. The molecule has 36 heavy (non-hydrogen) atoms. The van der Waals surface area contributed by atoms with Gasteiger partial charge in [0, 0.05) is 5.56 Å². The molecule has 2 aliphatic carbocycles. The topological polar surface area (TPSA) is 18.5 Å². The number of halogens is 2. The second kappa shape index (κ2) is 13.7. The van der Waals surface area contributed by atoms with Crippen molar-refractivity contribution in [1.29, 1.82) is 0 Å². The van der Waals surface area contributed by atoms with Crippen LogP contribution < -0.4 is 4.74 Å². The molecule has 1 aliphatic heterocycles. The van der Waals surface area contributed by atoms with Gasteiger partial charge in [0.2, 0.25) is 5.82 Å². The maximum Gasteiger partial charge on any atom is 0.201 e. The average Bonchev–Trinajstić information content (AvgIpc) is 2.93. The third-order valence-electron chi connectivity index (χ3n) is 9.30. The van der Waals surface area contributed by atoms with Crippen molar-refractivity contribution in [3.63, 3.8) is 0 Å². The molecular weight excluding hydrogens is 454 g/mol. The normalized spacial score (nSPS) is 29.0. The van der Waals surface area contributed by atoms with Crippen LogP contribution in [-0.4, -0.2) is 19.8 Å². The molecule has 4 rings (SSSR count). The Morgan fingerprint density at radius 2 is 1.61 bits per heavy atom. The zero-order valence-corrected chi connectivity index (χ0v) is 22.3. The van der Waals surface area contributed by atoms with Gasteiger partial charge < -0.3 is 9.47 Å². The molecule has 0 N–H and O–H groups in total. The molecule has 0 amide bonds. The Balaban J connectivity index is 1.17. The lowest BCUT2D eigenvalue weighted by Crippen LogP contribution is -2.33. The van der Waals surface area contributed by atoms with E-state index in [0.29, 0.717) is 17.6 Å². The largest absolute Gasteiger partial charge is 0.494 e. The van der Waals surface area contributed by atoms with Crippen LogP contribution >= 0.6 is 0 Å². The van der Waals surface area contributed by atoms with Crippen molar-refractivity contribution in [2.75, 3.05) is 13.7 Å². The highest BCUT2D eigenvalue weighted by molar-refractivity contribution is 5.67. The lowest BCUT2D eigenvalue weighted by atomic mass is 9.68. The Kier molecular flexibility index (Phi) is 10.4. The predicted molar refractivity (Wildman–Crippen MR) is 144 cm³/mol. The van der Waals surface area contributed by atoms with Crippen molar-refractivity contribution in [2.24, 2.45) is 23.7 Å². The fourth-order valence-corrected chi connectivity index (χ4v) is 6.99. The summed E-state index contributed by atoms with van der Waals surface area (Å²) < 4.78 is 39.9. The fraction of sp³-hybridized carbons (Fsp3) is 0.688. The molecule has 1 saturated carbocycles. The van der Waals surface area contributed by atoms with Gasteiger partial charge in [0.15, 0.2) is 11.6 Å². The van der Waals surface area contributed by atoms with Gasteiger partial charge in [-0.1, -0.05) is 31.4 Å². The first-order chi connectivity index (χ1) is 17.6. The standard InChI is InChI=1S/C32H46F2O2/c1-3-4-5-6-7-8-9-28-19-18-27(22-36-28)25-12-10-23(11-13-25)24-14-16-26(17-15-24)29-20-21-30(35-2)32(34)31(29)33/h3,16,20-21,23-25,27-28H,1,4-15,17-19,22H2,2H3. The van der Waals surface area contributed by atoms with Gasteiger partial charge in [-0.2, -0.15) is 4.39 Å². The third-order valence-corrected chi connectivity index (χ3v) is 9.30. The first-order valence-electron chi connectivity index (χ1n) is 14.5. The van der Waals surface area contributed by atoms with Crippen molar-refractivity contribution in [1.82, 2.24) is 0 Å². The Morgan fingerprint density at radius 1 is 0.889 bits per heavy atom. The van der Waals surface area contributed by atoms with E-state index in [2.05, 4.69) is 12.7 Å². The molecule has 2 nitrogen and oxygen atoms in total. The zero-order valence-electron chi connectivity index (χ0n) is 22.3. The van der Waals surface area contributed by atoms with Crippen LogP contribution in [0.15, 0.2) is 30.9 Å². The molecular formula is C32H46F2O2. The summed E-state index contributed by atoms with van der Waals surface area (Å²) in [6.07, 6.45) is 23.1. The molecule has 2 fully saturated rings. The SMILES string of the molecule is C=CCCCCCCC1CCC(C2CCC(C3CC=C(c4ccc(OC)c(F)c4F)CC3)CC2)CO1. The highest BCUT2D eigenvalue weighted by Gasteiger charge is 2.34. The van der Waals surface area contributed by atoms with Crippen LogP contribution in [0.25, 0.3) is 5.57 Å². The highest BCUT2D eigenvalue weighted by Crippen LogP contribution is 2.44. The van der Waals surface area contributed by atoms with E-state index in [1.807, 2.05) is 6.08 Å². The molecule has 4 heteroatoms. The third kappa shape index (κ3) is 7.00. The van der Waals surface area contributed by atoms with Crippen molar-refractivity contribution in [3.8, 4) is 5.75 Å². The first-order valence-corrected chi connectivity index (χ1v) is 14.5. The molecule has 3 unspecified atom stereocenters. The van der Waals surface area contributed by atoms with E-state index < -0.39 is 11.6 Å². The summed E-state index contributed by atoms with van der Waals surface area (Å²) in [6.45, 7) is 4.77. The molecule has 1 aromatic carbocycles. The first kappa shape index (κ1) is 27.4. The molecule has 1 heterocycles. The summed E-state index contributed by atoms with van der Waals surface area (Å²) in [6, 6.07) is 3.20. The molecule has 0 bridgehead atoms. The molecule has 0 spiro atoms. The van der Waals surface area contributed by atoms with Crippen LogP contribution in [0, 0.1) is 35.3 Å². The van der Waals surface area contributed by atoms with Crippen LogP contribution in [0.2, 0.25) is 0 Å². The van der Waals surface area contributed by atoms with E-state index >= 15 is 0 Å². The summed E-state index contributed by atoms with van der Waals surface area (Å²) in [7, 11) is 1.36. The van der Waals surface area contributed by atoms with Crippen molar-refractivity contribution < 1.29 is 18.3 Å². The fourth-order valence-electron chi connectivity index (χ4n) is 6.99. The minimum absolute atomic E-state index is 0.0314. The molecule has 3 atom stereocenters. The van der Waals surface area contributed by atoms with Gasteiger partial charge in [-0.3, -0.25) is 0 Å².